The average molecular weight is 234 g/mol. The molecule has 2 heterocycles. The van der Waals surface area contributed by atoms with Gasteiger partial charge in [0.2, 0.25) is 0 Å². The van der Waals surface area contributed by atoms with E-state index in [0.29, 0.717) is 6.04 Å². The van der Waals surface area contributed by atoms with Gasteiger partial charge >= 0.3 is 0 Å². The SMILES string of the molecule is CSNC1CCc2c(cnc3[nH]ncc23)C1. The van der Waals surface area contributed by atoms with E-state index < -0.39 is 0 Å². The first kappa shape index (κ1) is 10.1. The van der Waals surface area contributed by atoms with Gasteiger partial charge in [-0.05, 0) is 36.6 Å². The molecule has 0 spiro atoms. The Morgan fingerprint density at radius 1 is 1.50 bits per heavy atom. The molecule has 0 bridgehead atoms. The zero-order valence-corrected chi connectivity index (χ0v) is 9.97. The summed E-state index contributed by atoms with van der Waals surface area (Å²) in [7, 11) is 0. The molecule has 16 heavy (non-hydrogen) atoms. The molecule has 2 N–H and O–H groups in total. The molecule has 84 valence electrons. The van der Waals surface area contributed by atoms with E-state index in [1.165, 1.54) is 22.9 Å². The summed E-state index contributed by atoms with van der Waals surface area (Å²) in [6.07, 6.45) is 9.34. The Balaban J connectivity index is 1.99. The van der Waals surface area contributed by atoms with Gasteiger partial charge in [-0.3, -0.25) is 9.82 Å². The van der Waals surface area contributed by atoms with Gasteiger partial charge in [0.15, 0.2) is 5.65 Å². The third kappa shape index (κ3) is 1.60. The molecule has 1 aliphatic rings. The summed E-state index contributed by atoms with van der Waals surface area (Å²) < 4.78 is 3.43. The van der Waals surface area contributed by atoms with Crippen LogP contribution in [0.25, 0.3) is 11.0 Å². The molecule has 2 aromatic heterocycles. The van der Waals surface area contributed by atoms with Crippen molar-refractivity contribution in [2.45, 2.75) is 25.3 Å². The molecule has 1 atom stereocenters. The molecule has 0 radical (unpaired) electrons. The van der Waals surface area contributed by atoms with E-state index >= 15 is 0 Å². The molecule has 0 saturated heterocycles. The summed E-state index contributed by atoms with van der Waals surface area (Å²) in [5.41, 5.74) is 3.71. The Kier molecular flexibility index (Phi) is 2.57. The minimum absolute atomic E-state index is 0.577. The summed E-state index contributed by atoms with van der Waals surface area (Å²) >= 11 is 1.70. The van der Waals surface area contributed by atoms with E-state index in [9.17, 15) is 0 Å². The lowest BCUT2D eigenvalue weighted by molar-refractivity contribution is 0.547. The highest BCUT2D eigenvalue weighted by atomic mass is 32.2. The molecular formula is C11H14N4S. The van der Waals surface area contributed by atoms with Crippen LogP contribution in [0, 0.1) is 0 Å². The van der Waals surface area contributed by atoms with Crippen molar-refractivity contribution >= 4 is 23.0 Å². The number of H-pyrrole nitrogens is 1. The largest absolute Gasteiger partial charge is 0.261 e. The van der Waals surface area contributed by atoms with Crippen LogP contribution >= 0.6 is 11.9 Å². The predicted octanol–water partition coefficient (Wildman–Crippen LogP) is 1.68. The van der Waals surface area contributed by atoms with Gasteiger partial charge in [0, 0.05) is 17.6 Å². The number of hydrogen-bond acceptors (Lipinski definition) is 4. The van der Waals surface area contributed by atoms with Crippen molar-refractivity contribution < 1.29 is 0 Å². The van der Waals surface area contributed by atoms with E-state index in [-0.39, 0.29) is 0 Å². The highest BCUT2D eigenvalue weighted by molar-refractivity contribution is 7.96. The van der Waals surface area contributed by atoms with Gasteiger partial charge in [0.25, 0.3) is 0 Å². The van der Waals surface area contributed by atoms with Gasteiger partial charge in [0.05, 0.1) is 6.20 Å². The maximum atomic E-state index is 4.40. The van der Waals surface area contributed by atoms with Crippen molar-refractivity contribution in [3.63, 3.8) is 0 Å². The smallest absolute Gasteiger partial charge is 0.155 e. The maximum Gasteiger partial charge on any atom is 0.155 e. The normalized spacial score (nSPS) is 19.9. The lowest BCUT2D eigenvalue weighted by atomic mass is 9.88. The zero-order valence-electron chi connectivity index (χ0n) is 9.16. The Morgan fingerprint density at radius 2 is 2.44 bits per heavy atom. The van der Waals surface area contributed by atoms with Crippen LogP contribution in [0.5, 0.6) is 0 Å². The molecule has 0 amide bonds. The monoisotopic (exact) mass is 234 g/mol. The van der Waals surface area contributed by atoms with Crippen molar-refractivity contribution in [3.8, 4) is 0 Å². The summed E-state index contributed by atoms with van der Waals surface area (Å²) in [4.78, 5) is 4.40. The molecule has 2 aromatic rings. The van der Waals surface area contributed by atoms with Gasteiger partial charge in [-0.25, -0.2) is 4.98 Å². The molecule has 4 nitrogen and oxygen atoms in total. The van der Waals surface area contributed by atoms with Gasteiger partial charge in [-0.2, -0.15) is 5.10 Å². The fourth-order valence-electron chi connectivity index (χ4n) is 2.42. The summed E-state index contributed by atoms with van der Waals surface area (Å²) in [6.45, 7) is 0. The Hall–Kier alpha value is -1.07. The second kappa shape index (κ2) is 4.07. The topological polar surface area (TPSA) is 53.6 Å². The van der Waals surface area contributed by atoms with E-state index in [1.54, 1.807) is 11.9 Å². The highest BCUT2D eigenvalue weighted by Crippen LogP contribution is 2.27. The number of hydrogen-bond donors (Lipinski definition) is 2. The number of nitrogens with one attached hydrogen (secondary N) is 2. The average Bonchev–Trinajstić information content (AvgIpc) is 2.77. The first-order valence-electron chi connectivity index (χ1n) is 5.47. The molecule has 0 aliphatic heterocycles. The number of aromatic amines is 1. The number of pyridine rings is 1. The van der Waals surface area contributed by atoms with E-state index in [0.717, 1.165) is 18.5 Å². The van der Waals surface area contributed by atoms with Crippen LogP contribution < -0.4 is 4.72 Å². The van der Waals surface area contributed by atoms with Crippen molar-refractivity contribution in [2.24, 2.45) is 0 Å². The first-order chi connectivity index (χ1) is 7.88. The fraction of sp³-hybridized carbons (Fsp3) is 0.455. The molecule has 0 saturated carbocycles. The second-order valence-electron chi connectivity index (χ2n) is 4.16. The third-order valence-electron chi connectivity index (χ3n) is 3.18. The van der Waals surface area contributed by atoms with Crippen LogP contribution in [0.3, 0.4) is 0 Å². The van der Waals surface area contributed by atoms with E-state index in [2.05, 4.69) is 26.2 Å². The van der Waals surface area contributed by atoms with E-state index in [1.807, 2.05) is 12.4 Å². The van der Waals surface area contributed by atoms with Crippen LogP contribution in [0.2, 0.25) is 0 Å². The maximum absolute atomic E-state index is 4.40. The molecule has 3 rings (SSSR count). The van der Waals surface area contributed by atoms with Gasteiger partial charge in [0.1, 0.15) is 0 Å². The standard InChI is InChI=1S/C11H14N4S/c1-16-15-8-2-3-9-7(4-8)5-12-11-10(9)6-13-14-11/h5-6,8,15H,2-4H2,1H3,(H,12,13,14). The minimum Gasteiger partial charge on any atom is -0.261 e. The van der Waals surface area contributed by atoms with Gasteiger partial charge < -0.3 is 0 Å². The first-order valence-corrected chi connectivity index (χ1v) is 6.69. The fourth-order valence-corrected chi connectivity index (χ4v) is 2.95. The summed E-state index contributed by atoms with van der Waals surface area (Å²) in [5.74, 6) is 0. The van der Waals surface area contributed by atoms with Crippen molar-refractivity contribution in [2.75, 3.05) is 6.26 Å². The van der Waals surface area contributed by atoms with Crippen LogP contribution in [-0.4, -0.2) is 27.5 Å². The number of aryl methyl sites for hydroxylation is 1. The van der Waals surface area contributed by atoms with Crippen LogP contribution in [0.4, 0.5) is 0 Å². The molecule has 1 unspecified atom stereocenters. The van der Waals surface area contributed by atoms with Crippen molar-refractivity contribution in [1.29, 1.82) is 0 Å². The second-order valence-corrected chi connectivity index (χ2v) is 4.80. The Morgan fingerprint density at radius 3 is 3.31 bits per heavy atom. The predicted molar refractivity (Wildman–Crippen MR) is 66.4 cm³/mol. The zero-order chi connectivity index (χ0) is 11.0. The van der Waals surface area contributed by atoms with Crippen molar-refractivity contribution in [3.05, 3.63) is 23.5 Å². The molecule has 0 fully saturated rings. The number of fused-ring (bicyclic) bond motifs is 3. The Labute approximate surface area is 98.4 Å². The summed E-state index contributed by atoms with van der Waals surface area (Å²) in [6, 6.07) is 0.577. The van der Waals surface area contributed by atoms with Gasteiger partial charge in [-0.15, -0.1) is 0 Å². The number of aromatic nitrogens is 3. The van der Waals surface area contributed by atoms with Crippen LogP contribution in [0.15, 0.2) is 12.4 Å². The molecule has 1 aliphatic carbocycles. The minimum atomic E-state index is 0.577. The molecular weight excluding hydrogens is 220 g/mol. The summed E-state index contributed by atoms with van der Waals surface area (Å²) in [5, 5.41) is 8.18. The number of nitrogens with zero attached hydrogens (tertiary/aromatic N) is 2. The number of rotatable bonds is 2. The molecule has 5 heteroatoms. The highest BCUT2D eigenvalue weighted by Gasteiger charge is 2.20. The molecule has 0 aromatic carbocycles. The lowest BCUT2D eigenvalue weighted by Crippen LogP contribution is -2.30. The van der Waals surface area contributed by atoms with E-state index in [4.69, 9.17) is 0 Å². The van der Waals surface area contributed by atoms with Crippen molar-refractivity contribution in [1.82, 2.24) is 19.9 Å². The van der Waals surface area contributed by atoms with Gasteiger partial charge in [-0.1, -0.05) is 11.9 Å². The van der Waals surface area contributed by atoms with Crippen LogP contribution in [-0.2, 0) is 12.8 Å². The van der Waals surface area contributed by atoms with Crippen LogP contribution in [0.1, 0.15) is 17.5 Å². The Bertz CT molecular complexity index is 508. The lowest BCUT2D eigenvalue weighted by Gasteiger charge is -2.24. The quantitative estimate of drug-likeness (QED) is 0.776. The third-order valence-corrected chi connectivity index (χ3v) is 3.74.